The van der Waals surface area contributed by atoms with Crippen LogP contribution in [0.1, 0.15) is 11.1 Å². The van der Waals surface area contributed by atoms with E-state index in [4.69, 9.17) is 0 Å². The molecule has 0 heterocycles. The standard InChI is InChI=1S/C14H13BrN2O4S/c1-9-6-7-11(15)8-14(9)22(20,21)16-12-4-3-5-13(10(12)2)17(18)19/h3-8,16H,1-2H3. The highest BCUT2D eigenvalue weighted by molar-refractivity contribution is 9.10. The Hall–Kier alpha value is -1.93. The van der Waals surface area contributed by atoms with E-state index in [1.165, 1.54) is 31.2 Å². The first-order valence-corrected chi connectivity index (χ1v) is 8.53. The lowest BCUT2D eigenvalue weighted by Gasteiger charge is -2.12. The van der Waals surface area contributed by atoms with Gasteiger partial charge in [0.25, 0.3) is 15.7 Å². The maximum atomic E-state index is 12.5. The summed E-state index contributed by atoms with van der Waals surface area (Å²) in [6.07, 6.45) is 0. The molecule has 2 aromatic rings. The fraction of sp³-hybridized carbons (Fsp3) is 0.143. The minimum absolute atomic E-state index is 0.118. The van der Waals surface area contributed by atoms with Gasteiger partial charge in [0, 0.05) is 10.5 Å². The molecule has 0 bridgehead atoms. The molecule has 2 rings (SSSR count). The van der Waals surface area contributed by atoms with Gasteiger partial charge in [0.1, 0.15) is 0 Å². The molecule has 6 nitrogen and oxygen atoms in total. The van der Waals surface area contributed by atoms with E-state index < -0.39 is 14.9 Å². The summed E-state index contributed by atoms with van der Waals surface area (Å²) in [6, 6.07) is 9.18. The molecule has 0 aromatic heterocycles. The molecule has 0 aliphatic rings. The third kappa shape index (κ3) is 3.28. The number of benzene rings is 2. The largest absolute Gasteiger partial charge is 0.279 e. The second kappa shape index (κ2) is 6.05. The van der Waals surface area contributed by atoms with Gasteiger partial charge in [-0.1, -0.05) is 28.1 Å². The topological polar surface area (TPSA) is 89.3 Å². The molecule has 22 heavy (non-hydrogen) atoms. The van der Waals surface area contributed by atoms with Gasteiger partial charge in [-0.2, -0.15) is 0 Å². The van der Waals surface area contributed by atoms with Crippen molar-refractivity contribution in [1.29, 1.82) is 0 Å². The number of nitrogens with one attached hydrogen (secondary N) is 1. The van der Waals surface area contributed by atoms with Crippen molar-refractivity contribution in [3.8, 4) is 0 Å². The molecule has 0 aliphatic heterocycles. The smallest absolute Gasteiger partial charge is 0.274 e. The van der Waals surface area contributed by atoms with Crippen molar-refractivity contribution in [3.63, 3.8) is 0 Å². The molecule has 1 N–H and O–H groups in total. The lowest BCUT2D eigenvalue weighted by molar-refractivity contribution is -0.385. The van der Waals surface area contributed by atoms with Crippen LogP contribution in [-0.4, -0.2) is 13.3 Å². The van der Waals surface area contributed by atoms with E-state index in [9.17, 15) is 18.5 Å². The van der Waals surface area contributed by atoms with E-state index in [2.05, 4.69) is 20.7 Å². The Morgan fingerprint density at radius 3 is 2.50 bits per heavy atom. The Morgan fingerprint density at radius 1 is 1.18 bits per heavy atom. The number of rotatable bonds is 4. The van der Waals surface area contributed by atoms with E-state index in [-0.39, 0.29) is 21.8 Å². The molecule has 0 spiro atoms. The van der Waals surface area contributed by atoms with Gasteiger partial charge in [-0.05, 0) is 37.6 Å². The molecule has 0 fully saturated rings. The molecular weight excluding hydrogens is 372 g/mol. The third-order valence-corrected chi connectivity index (χ3v) is 5.19. The highest BCUT2D eigenvalue weighted by atomic mass is 79.9. The molecule has 0 atom stereocenters. The van der Waals surface area contributed by atoms with Crippen LogP contribution in [0, 0.1) is 24.0 Å². The Bertz CT molecular complexity index is 850. The minimum atomic E-state index is -3.83. The van der Waals surface area contributed by atoms with Crippen molar-refractivity contribution in [2.75, 3.05) is 4.72 Å². The van der Waals surface area contributed by atoms with Crippen LogP contribution in [0.4, 0.5) is 11.4 Å². The summed E-state index contributed by atoms with van der Waals surface area (Å²) in [5.74, 6) is 0. The van der Waals surface area contributed by atoms with Crippen molar-refractivity contribution in [3.05, 3.63) is 62.1 Å². The molecule has 0 saturated carbocycles. The predicted molar refractivity (Wildman–Crippen MR) is 87.5 cm³/mol. The average Bonchev–Trinajstić information content (AvgIpc) is 2.43. The van der Waals surface area contributed by atoms with Gasteiger partial charge in [0.15, 0.2) is 0 Å². The van der Waals surface area contributed by atoms with Crippen LogP contribution in [0.5, 0.6) is 0 Å². The molecule has 0 aliphatic carbocycles. The normalized spacial score (nSPS) is 11.2. The van der Waals surface area contributed by atoms with Crippen LogP contribution in [-0.2, 0) is 10.0 Å². The number of hydrogen-bond donors (Lipinski definition) is 1. The van der Waals surface area contributed by atoms with Gasteiger partial charge in [-0.3, -0.25) is 14.8 Å². The van der Waals surface area contributed by atoms with Crippen LogP contribution in [0.2, 0.25) is 0 Å². The van der Waals surface area contributed by atoms with E-state index in [1.54, 1.807) is 19.1 Å². The van der Waals surface area contributed by atoms with Crippen molar-refractivity contribution in [2.24, 2.45) is 0 Å². The Kier molecular flexibility index (Phi) is 4.52. The predicted octanol–water partition coefficient (Wildman–Crippen LogP) is 3.77. The van der Waals surface area contributed by atoms with Crippen LogP contribution in [0.25, 0.3) is 0 Å². The summed E-state index contributed by atoms with van der Waals surface area (Å²) in [7, 11) is -3.83. The fourth-order valence-corrected chi connectivity index (χ4v) is 3.90. The monoisotopic (exact) mass is 384 g/mol. The van der Waals surface area contributed by atoms with Crippen LogP contribution in [0.15, 0.2) is 45.8 Å². The van der Waals surface area contributed by atoms with Crippen LogP contribution < -0.4 is 4.72 Å². The summed E-state index contributed by atoms with van der Waals surface area (Å²) in [4.78, 5) is 10.5. The Balaban J connectivity index is 2.48. The molecule has 0 radical (unpaired) electrons. The summed E-state index contributed by atoms with van der Waals surface area (Å²) in [5, 5.41) is 10.9. The number of aryl methyl sites for hydroxylation is 1. The Labute approximate surface area is 136 Å². The number of nitro benzene ring substituents is 1. The number of halogens is 1. The van der Waals surface area contributed by atoms with Gasteiger partial charge in [0.05, 0.1) is 21.1 Å². The van der Waals surface area contributed by atoms with Gasteiger partial charge in [-0.15, -0.1) is 0 Å². The van der Waals surface area contributed by atoms with Crippen molar-refractivity contribution >= 4 is 37.3 Å². The number of anilines is 1. The van der Waals surface area contributed by atoms with E-state index >= 15 is 0 Å². The van der Waals surface area contributed by atoms with Gasteiger partial charge >= 0.3 is 0 Å². The van der Waals surface area contributed by atoms with Crippen molar-refractivity contribution in [1.82, 2.24) is 0 Å². The second-order valence-corrected chi connectivity index (χ2v) is 7.29. The summed E-state index contributed by atoms with van der Waals surface area (Å²) >= 11 is 3.24. The summed E-state index contributed by atoms with van der Waals surface area (Å²) < 4.78 is 28.1. The lowest BCUT2D eigenvalue weighted by Crippen LogP contribution is -2.15. The van der Waals surface area contributed by atoms with Gasteiger partial charge < -0.3 is 0 Å². The highest BCUT2D eigenvalue weighted by Crippen LogP contribution is 2.28. The Morgan fingerprint density at radius 2 is 1.86 bits per heavy atom. The SMILES string of the molecule is Cc1ccc(Br)cc1S(=O)(=O)Nc1cccc([N+](=O)[O-])c1C. The lowest BCUT2D eigenvalue weighted by atomic mass is 10.2. The van der Waals surface area contributed by atoms with Crippen molar-refractivity contribution < 1.29 is 13.3 Å². The molecule has 2 aromatic carbocycles. The van der Waals surface area contributed by atoms with Crippen LogP contribution >= 0.6 is 15.9 Å². The molecule has 8 heteroatoms. The average molecular weight is 385 g/mol. The molecule has 0 unspecified atom stereocenters. The molecule has 116 valence electrons. The number of nitro groups is 1. The third-order valence-electron chi connectivity index (χ3n) is 3.19. The first-order chi connectivity index (χ1) is 10.2. The quantitative estimate of drug-likeness (QED) is 0.641. The van der Waals surface area contributed by atoms with Crippen LogP contribution in [0.3, 0.4) is 0 Å². The van der Waals surface area contributed by atoms with E-state index in [1.807, 2.05) is 0 Å². The van der Waals surface area contributed by atoms with Crippen molar-refractivity contribution in [2.45, 2.75) is 18.7 Å². The second-order valence-electron chi connectivity index (χ2n) is 4.72. The maximum absolute atomic E-state index is 12.5. The van der Waals surface area contributed by atoms with E-state index in [0.29, 0.717) is 10.0 Å². The first kappa shape index (κ1) is 16.4. The number of sulfonamides is 1. The number of nitrogens with zero attached hydrogens (tertiary/aromatic N) is 1. The fourth-order valence-electron chi connectivity index (χ4n) is 1.99. The molecule has 0 amide bonds. The first-order valence-electron chi connectivity index (χ1n) is 6.25. The van der Waals surface area contributed by atoms with E-state index in [0.717, 1.165) is 0 Å². The summed E-state index contributed by atoms with van der Waals surface area (Å²) in [6.45, 7) is 3.19. The zero-order chi connectivity index (χ0) is 16.5. The summed E-state index contributed by atoms with van der Waals surface area (Å²) in [5.41, 5.74) is 0.905. The molecular formula is C14H13BrN2O4S. The molecule has 0 saturated heterocycles. The zero-order valence-corrected chi connectivity index (χ0v) is 14.2. The highest BCUT2D eigenvalue weighted by Gasteiger charge is 2.21. The maximum Gasteiger partial charge on any atom is 0.274 e. The zero-order valence-electron chi connectivity index (χ0n) is 11.8. The van der Waals surface area contributed by atoms with Gasteiger partial charge in [0.2, 0.25) is 0 Å². The van der Waals surface area contributed by atoms with Gasteiger partial charge in [-0.25, -0.2) is 8.42 Å². The minimum Gasteiger partial charge on any atom is -0.279 e. The number of hydrogen-bond acceptors (Lipinski definition) is 4.